The molecule has 1 aromatic heterocycles. The Balaban J connectivity index is 2.81. The highest BCUT2D eigenvalue weighted by molar-refractivity contribution is 5.94. The molecule has 0 bridgehead atoms. The molecule has 106 valence electrons. The molecular weight excluding hydrogens is 244 g/mol. The van der Waals surface area contributed by atoms with Gasteiger partial charge in [0.25, 0.3) is 5.91 Å². The zero-order chi connectivity index (χ0) is 14.6. The van der Waals surface area contributed by atoms with Crippen LogP contribution in [0.3, 0.4) is 0 Å². The molecule has 0 aliphatic rings. The predicted molar refractivity (Wildman–Crippen MR) is 72.9 cm³/mol. The summed E-state index contributed by atoms with van der Waals surface area (Å²) in [7, 11) is 3.28. The molecule has 2 amide bonds. The van der Waals surface area contributed by atoms with E-state index in [0.717, 1.165) is 17.7 Å². The molecule has 1 unspecified atom stereocenters. The molecule has 0 saturated carbocycles. The molecule has 0 aliphatic heterocycles. The van der Waals surface area contributed by atoms with Crippen LogP contribution in [-0.2, 0) is 11.2 Å². The standard InChI is InChI=1S/C13H22N4O2/c1-6-10-9(3)12(16-15-10)13(19)17(5)8(2)7-11(18)14-4/h8H,6-7H2,1-5H3,(H,14,18)(H,15,16). The Morgan fingerprint density at radius 1 is 1.47 bits per heavy atom. The Morgan fingerprint density at radius 2 is 2.11 bits per heavy atom. The monoisotopic (exact) mass is 266 g/mol. The first-order valence-electron chi connectivity index (χ1n) is 6.43. The molecule has 2 N–H and O–H groups in total. The second kappa shape index (κ2) is 6.36. The van der Waals surface area contributed by atoms with E-state index in [1.54, 1.807) is 19.0 Å². The molecule has 0 radical (unpaired) electrons. The lowest BCUT2D eigenvalue weighted by atomic mass is 10.1. The van der Waals surface area contributed by atoms with Crippen LogP contribution < -0.4 is 5.32 Å². The lowest BCUT2D eigenvalue weighted by Gasteiger charge is -2.23. The van der Waals surface area contributed by atoms with Gasteiger partial charge in [0.05, 0.1) is 0 Å². The van der Waals surface area contributed by atoms with E-state index in [9.17, 15) is 9.59 Å². The van der Waals surface area contributed by atoms with Gasteiger partial charge in [-0.15, -0.1) is 0 Å². The third-order valence-corrected chi connectivity index (χ3v) is 3.41. The molecule has 1 heterocycles. The number of carbonyl (C=O) groups is 2. The number of amides is 2. The number of H-pyrrole nitrogens is 1. The Hall–Kier alpha value is -1.85. The van der Waals surface area contributed by atoms with Crippen LogP contribution in [-0.4, -0.2) is 47.0 Å². The van der Waals surface area contributed by atoms with Crippen LogP contribution in [0.2, 0.25) is 0 Å². The first-order chi connectivity index (χ1) is 8.92. The summed E-state index contributed by atoms with van der Waals surface area (Å²) in [5.41, 5.74) is 2.28. The summed E-state index contributed by atoms with van der Waals surface area (Å²) in [6, 6.07) is -0.173. The van der Waals surface area contributed by atoms with Crippen LogP contribution in [0.15, 0.2) is 0 Å². The van der Waals surface area contributed by atoms with E-state index in [1.165, 1.54) is 0 Å². The van der Waals surface area contributed by atoms with Gasteiger partial charge in [-0.25, -0.2) is 0 Å². The van der Waals surface area contributed by atoms with Crippen molar-refractivity contribution >= 4 is 11.8 Å². The number of carbonyl (C=O) groups excluding carboxylic acids is 2. The van der Waals surface area contributed by atoms with Gasteiger partial charge < -0.3 is 10.2 Å². The molecule has 6 heteroatoms. The predicted octanol–water partition coefficient (Wildman–Crippen LogP) is 0.877. The van der Waals surface area contributed by atoms with Crippen molar-refractivity contribution in [3.8, 4) is 0 Å². The van der Waals surface area contributed by atoms with Crippen molar-refractivity contribution in [2.45, 2.75) is 39.7 Å². The minimum absolute atomic E-state index is 0.0832. The van der Waals surface area contributed by atoms with Crippen molar-refractivity contribution in [1.82, 2.24) is 20.4 Å². The molecule has 0 aliphatic carbocycles. The number of hydrogen-bond donors (Lipinski definition) is 2. The summed E-state index contributed by atoms with van der Waals surface area (Å²) in [4.78, 5) is 25.2. The minimum atomic E-state index is -0.173. The molecule has 1 rings (SSSR count). The molecule has 6 nitrogen and oxygen atoms in total. The summed E-state index contributed by atoms with van der Waals surface area (Å²) in [5.74, 6) is -0.245. The minimum Gasteiger partial charge on any atom is -0.359 e. The van der Waals surface area contributed by atoms with E-state index in [2.05, 4.69) is 15.5 Å². The maximum absolute atomic E-state index is 12.3. The molecule has 1 aromatic rings. The molecular formula is C13H22N4O2. The Labute approximate surface area is 113 Å². The number of rotatable bonds is 5. The third-order valence-electron chi connectivity index (χ3n) is 3.41. The molecule has 19 heavy (non-hydrogen) atoms. The van der Waals surface area contributed by atoms with Gasteiger partial charge in [-0.2, -0.15) is 5.10 Å². The molecule has 0 saturated heterocycles. The third kappa shape index (κ3) is 3.33. The number of aromatic nitrogens is 2. The highest BCUT2D eigenvalue weighted by Crippen LogP contribution is 2.14. The lowest BCUT2D eigenvalue weighted by molar-refractivity contribution is -0.121. The van der Waals surface area contributed by atoms with Gasteiger partial charge in [0.15, 0.2) is 5.69 Å². The van der Waals surface area contributed by atoms with Crippen molar-refractivity contribution in [2.75, 3.05) is 14.1 Å². The fourth-order valence-corrected chi connectivity index (χ4v) is 1.86. The maximum atomic E-state index is 12.3. The van der Waals surface area contributed by atoms with E-state index in [4.69, 9.17) is 0 Å². The van der Waals surface area contributed by atoms with Crippen molar-refractivity contribution < 1.29 is 9.59 Å². The van der Waals surface area contributed by atoms with E-state index in [0.29, 0.717) is 5.69 Å². The second-order valence-corrected chi connectivity index (χ2v) is 4.67. The van der Waals surface area contributed by atoms with Crippen LogP contribution >= 0.6 is 0 Å². The molecule has 0 spiro atoms. The van der Waals surface area contributed by atoms with Crippen LogP contribution in [0.4, 0.5) is 0 Å². The summed E-state index contributed by atoms with van der Waals surface area (Å²) in [6.45, 7) is 5.73. The first-order valence-corrected chi connectivity index (χ1v) is 6.43. The quantitative estimate of drug-likeness (QED) is 0.830. The lowest BCUT2D eigenvalue weighted by Crippen LogP contribution is -2.38. The van der Waals surface area contributed by atoms with Crippen LogP contribution in [0.5, 0.6) is 0 Å². The van der Waals surface area contributed by atoms with Gasteiger partial charge >= 0.3 is 0 Å². The molecule has 0 aromatic carbocycles. The maximum Gasteiger partial charge on any atom is 0.274 e. The summed E-state index contributed by atoms with van der Waals surface area (Å²) in [6.07, 6.45) is 1.09. The first kappa shape index (κ1) is 15.2. The zero-order valence-corrected chi connectivity index (χ0v) is 12.2. The van der Waals surface area contributed by atoms with Crippen LogP contribution in [0.1, 0.15) is 42.0 Å². The largest absolute Gasteiger partial charge is 0.359 e. The average molecular weight is 266 g/mol. The van der Waals surface area contributed by atoms with E-state index in [-0.39, 0.29) is 24.3 Å². The Bertz CT molecular complexity index is 467. The van der Waals surface area contributed by atoms with Gasteiger partial charge in [-0.1, -0.05) is 6.92 Å². The molecule has 0 fully saturated rings. The van der Waals surface area contributed by atoms with E-state index >= 15 is 0 Å². The highest BCUT2D eigenvalue weighted by atomic mass is 16.2. The normalized spacial score (nSPS) is 12.1. The fourth-order valence-electron chi connectivity index (χ4n) is 1.86. The summed E-state index contributed by atoms with van der Waals surface area (Å²) < 4.78 is 0. The van der Waals surface area contributed by atoms with Gasteiger partial charge in [0.1, 0.15) is 0 Å². The number of hydrogen-bond acceptors (Lipinski definition) is 3. The Kier molecular flexibility index (Phi) is 5.09. The van der Waals surface area contributed by atoms with Crippen LogP contribution in [0.25, 0.3) is 0 Å². The summed E-state index contributed by atoms with van der Waals surface area (Å²) >= 11 is 0. The summed E-state index contributed by atoms with van der Waals surface area (Å²) in [5, 5.41) is 9.50. The van der Waals surface area contributed by atoms with Crippen molar-refractivity contribution in [1.29, 1.82) is 0 Å². The van der Waals surface area contributed by atoms with Gasteiger partial charge in [-0.05, 0) is 20.3 Å². The van der Waals surface area contributed by atoms with Crippen molar-refractivity contribution in [2.24, 2.45) is 0 Å². The van der Waals surface area contributed by atoms with Gasteiger partial charge in [0.2, 0.25) is 5.91 Å². The number of aryl methyl sites for hydroxylation is 1. The Morgan fingerprint density at radius 3 is 2.58 bits per heavy atom. The van der Waals surface area contributed by atoms with Crippen molar-refractivity contribution in [3.63, 3.8) is 0 Å². The van der Waals surface area contributed by atoms with Crippen molar-refractivity contribution in [3.05, 3.63) is 17.0 Å². The van der Waals surface area contributed by atoms with Crippen LogP contribution in [0, 0.1) is 6.92 Å². The van der Waals surface area contributed by atoms with Gasteiger partial charge in [-0.3, -0.25) is 14.7 Å². The highest BCUT2D eigenvalue weighted by Gasteiger charge is 2.23. The number of nitrogens with zero attached hydrogens (tertiary/aromatic N) is 2. The average Bonchev–Trinajstić information content (AvgIpc) is 2.77. The zero-order valence-electron chi connectivity index (χ0n) is 12.2. The topological polar surface area (TPSA) is 78.1 Å². The smallest absolute Gasteiger partial charge is 0.274 e. The number of nitrogens with one attached hydrogen (secondary N) is 2. The second-order valence-electron chi connectivity index (χ2n) is 4.67. The molecule has 1 atom stereocenters. The SMILES string of the molecule is CCc1[nH]nc(C(=O)N(C)C(C)CC(=O)NC)c1C. The fraction of sp³-hybridized carbons (Fsp3) is 0.615. The van der Waals surface area contributed by atoms with E-state index < -0.39 is 0 Å². The van der Waals surface area contributed by atoms with Gasteiger partial charge in [0, 0.05) is 37.8 Å². The van der Waals surface area contributed by atoms with E-state index in [1.807, 2.05) is 20.8 Å². The number of aromatic amines is 1.